The van der Waals surface area contributed by atoms with Crippen molar-refractivity contribution < 1.29 is 29.0 Å². The highest BCUT2D eigenvalue weighted by Crippen LogP contribution is 2.40. The lowest BCUT2D eigenvalue weighted by molar-refractivity contribution is -0.149. The number of esters is 1. The average molecular weight is 442 g/mol. The van der Waals surface area contributed by atoms with Crippen LogP contribution in [0, 0.1) is 17.8 Å². The fourth-order valence-electron chi connectivity index (χ4n) is 4.32. The largest absolute Gasteiger partial charge is 0.469 e. The lowest BCUT2D eigenvalue weighted by Gasteiger charge is -2.35. The molecule has 5 atom stereocenters. The third-order valence-electron chi connectivity index (χ3n) is 5.63. The Kier molecular flexibility index (Phi) is 9.93. The number of hydrogen-bond donors (Lipinski definition) is 3. The number of alkyl carbamates (subject to hydrolysis) is 1. The Hall–Kier alpha value is -2.16. The Labute approximate surface area is 185 Å². The fraction of sp³-hybridized carbons (Fsp3) is 0.818. The SMILES string of the molecule is CCC(CC)[C@H](NC(C)=O)[C@@H]1[C@H](O)[C@@H](C(=O)OC)C[C@H]1N=C(C)NC(=O)OC(C)(C)C. The van der Waals surface area contributed by atoms with E-state index in [1.54, 1.807) is 27.7 Å². The van der Waals surface area contributed by atoms with Gasteiger partial charge in [0.25, 0.3) is 0 Å². The van der Waals surface area contributed by atoms with Gasteiger partial charge in [-0.1, -0.05) is 26.7 Å². The summed E-state index contributed by atoms with van der Waals surface area (Å²) in [5.74, 6) is -1.59. The van der Waals surface area contributed by atoms with E-state index < -0.39 is 41.6 Å². The zero-order valence-corrected chi connectivity index (χ0v) is 20.0. The van der Waals surface area contributed by atoms with Crippen molar-refractivity contribution in [3.63, 3.8) is 0 Å². The molecule has 0 aliphatic heterocycles. The summed E-state index contributed by atoms with van der Waals surface area (Å²) in [6.45, 7) is 12.4. The van der Waals surface area contributed by atoms with Crippen LogP contribution in [0.5, 0.6) is 0 Å². The molecule has 0 bridgehead atoms. The van der Waals surface area contributed by atoms with Gasteiger partial charge in [-0.05, 0) is 40.0 Å². The van der Waals surface area contributed by atoms with Crippen LogP contribution in [0.1, 0.15) is 67.7 Å². The molecule has 0 aromatic rings. The van der Waals surface area contributed by atoms with Crippen LogP contribution in [0.25, 0.3) is 0 Å². The van der Waals surface area contributed by atoms with Gasteiger partial charge in [0.05, 0.1) is 25.2 Å². The molecule has 1 saturated carbocycles. The highest BCUT2D eigenvalue weighted by atomic mass is 16.6. The van der Waals surface area contributed by atoms with Gasteiger partial charge in [0.2, 0.25) is 5.91 Å². The molecule has 0 heterocycles. The third-order valence-corrected chi connectivity index (χ3v) is 5.63. The number of carbonyl (C=O) groups excluding carboxylic acids is 3. The van der Waals surface area contributed by atoms with E-state index in [9.17, 15) is 19.5 Å². The molecule has 1 fully saturated rings. The monoisotopic (exact) mass is 441 g/mol. The van der Waals surface area contributed by atoms with Gasteiger partial charge in [0.15, 0.2) is 0 Å². The van der Waals surface area contributed by atoms with Crippen LogP contribution in [0.15, 0.2) is 4.99 Å². The van der Waals surface area contributed by atoms with Gasteiger partial charge in [0, 0.05) is 18.9 Å². The predicted molar refractivity (Wildman–Crippen MR) is 118 cm³/mol. The molecular formula is C22H39N3O6. The number of nitrogens with one attached hydrogen (secondary N) is 2. The summed E-state index contributed by atoms with van der Waals surface area (Å²) in [7, 11) is 1.28. The van der Waals surface area contributed by atoms with Crippen LogP contribution in [0.2, 0.25) is 0 Å². The number of hydrogen-bond acceptors (Lipinski definition) is 7. The zero-order chi connectivity index (χ0) is 23.9. The maximum atomic E-state index is 12.3. The maximum absolute atomic E-state index is 12.3. The minimum atomic E-state index is -1.03. The second-order valence-corrected chi connectivity index (χ2v) is 9.14. The van der Waals surface area contributed by atoms with Crippen molar-refractivity contribution in [3.05, 3.63) is 0 Å². The average Bonchev–Trinajstić information content (AvgIpc) is 2.94. The van der Waals surface area contributed by atoms with Gasteiger partial charge in [-0.15, -0.1) is 0 Å². The van der Waals surface area contributed by atoms with Crippen molar-refractivity contribution in [3.8, 4) is 0 Å². The summed E-state index contributed by atoms with van der Waals surface area (Å²) in [6.07, 6.45) is 0.167. The van der Waals surface area contributed by atoms with Crippen molar-refractivity contribution in [1.82, 2.24) is 10.6 Å². The molecule has 0 aromatic heterocycles. The Morgan fingerprint density at radius 1 is 1.16 bits per heavy atom. The number of aliphatic hydroxyl groups excluding tert-OH is 1. The molecule has 3 N–H and O–H groups in total. The highest BCUT2D eigenvalue weighted by Gasteiger charge is 2.51. The number of aliphatic hydroxyl groups is 1. The van der Waals surface area contributed by atoms with Gasteiger partial charge in [-0.3, -0.25) is 19.9 Å². The first-order valence-corrected chi connectivity index (χ1v) is 10.9. The number of ether oxygens (including phenoxy) is 2. The summed E-state index contributed by atoms with van der Waals surface area (Å²) < 4.78 is 10.1. The molecule has 1 aliphatic carbocycles. The molecule has 1 aliphatic rings. The number of carbonyl (C=O) groups is 3. The standard InChI is InChI=1S/C22H39N3O6/c1-9-14(10-2)18(25-13(4)26)17-16(11-15(19(17)27)20(28)30-8)23-12(3)24-21(29)31-22(5,6)7/h14-19,27H,9-11H2,1-8H3,(H,25,26)(H,23,24,29)/t15-,16+,17+,18-,19+/m0/s1. The Morgan fingerprint density at radius 2 is 1.74 bits per heavy atom. The van der Waals surface area contributed by atoms with E-state index in [2.05, 4.69) is 15.6 Å². The Morgan fingerprint density at radius 3 is 2.19 bits per heavy atom. The minimum Gasteiger partial charge on any atom is -0.469 e. The molecule has 1 rings (SSSR count). The molecule has 2 amide bonds. The molecule has 9 nitrogen and oxygen atoms in total. The number of aliphatic imine (C=N–C) groups is 1. The zero-order valence-electron chi connectivity index (χ0n) is 20.0. The second kappa shape index (κ2) is 11.5. The minimum absolute atomic E-state index is 0.0942. The molecule has 31 heavy (non-hydrogen) atoms. The summed E-state index contributed by atoms with van der Waals surface area (Å²) in [5.41, 5.74) is -0.654. The highest BCUT2D eigenvalue weighted by molar-refractivity contribution is 5.94. The van der Waals surface area contributed by atoms with Crippen LogP contribution in [-0.2, 0) is 19.1 Å². The summed E-state index contributed by atoms with van der Waals surface area (Å²) >= 11 is 0. The van der Waals surface area contributed by atoms with E-state index in [1.165, 1.54) is 14.0 Å². The van der Waals surface area contributed by atoms with Crippen molar-refractivity contribution in [2.75, 3.05) is 7.11 Å². The first-order valence-electron chi connectivity index (χ1n) is 10.9. The van der Waals surface area contributed by atoms with E-state index in [4.69, 9.17) is 9.47 Å². The van der Waals surface area contributed by atoms with Crippen molar-refractivity contribution >= 4 is 23.8 Å². The molecule has 0 spiro atoms. The van der Waals surface area contributed by atoms with Crippen LogP contribution >= 0.6 is 0 Å². The molecule has 0 radical (unpaired) electrons. The number of nitrogens with zero attached hydrogens (tertiary/aromatic N) is 1. The number of rotatable bonds is 7. The van der Waals surface area contributed by atoms with E-state index in [0.717, 1.165) is 12.8 Å². The first kappa shape index (κ1) is 26.9. The second-order valence-electron chi connectivity index (χ2n) is 9.14. The van der Waals surface area contributed by atoms with Crippen molar-refractivity contribution in [2.24, 2.45) is 22.7 Å². The van der Waals surface area contributed by atoms with Gasteiger partial charge in [-0.2, -0.15) is 0 Å². The first-order chi connectivity index (χ1) is 14.3. The summed E-state index contributed by atoms with van der Waals surface area (Å²) in [4.78, 5) is 40.9. The normalized spacial score (nSPS) is 25.2. The van der Waals surface area contributed by atoms with Gasteiger partial charge in [0.1, 0.15) is 11.4 Å². The quantitative estimate of drug-likeness (QED) is 0.316. The fourth-order valence-corrected chi connectivity index (χ4v) is 4.32. The molecule has 0 unspecified atom stereocenters. The van der Waals surface area contributed by atoms with E-state index in [1.807, 2.05) is 13.8 Å². The molecule has 9 heteroatoms. The Balaban J connectivity index is 3.26. The number of amides is 2. The lowest BCUT2D eigenvalue weighted by atomic mass is 9.80. The van der Waals surface area contributed by atoms with Crippen molar-refractivity contribution in [2.45, 2.75) is 91.5 Å². The van der Waals surface area contributed by atoms with Crippen LogP contribution in [0.4, 0.5) is 4.79 Å². The predicted octanol–water partition coefficient (Wildman–Crippen LogP) is 2.41. The summed E-state index contributed by atoms with van der Waals surface area (Å²) in [6, 6.07) is -0.869. The van der Waals surface area contributed by atoms with Gasteiger partial charge < -0.3 is 19.9 Å². The molecule has 0 saturated heterocycles. The number of amidine groups is 1. The van der Waals surface area contributed by atoms with Crippen LogP contribution in [0.3, 0.4) is 0 Å². The topological polar surface area (TPSA) is 126 Å². The van der Waals surface area contributed by atoms with E-state index in [0.29, 0.717) is 5.84 Å². The maximum Gasteiger partial charge on any atom is 0.413 e. The smallest absolute Gasteiger partial charge is 0.413 e. The molecule has 178 valence electrons. The van der Waals surface area contributed by atoms with Crippen LogP contribution in [-0.4, -0.2) is 59.8 Å². The summed E-state index contributed by atoms with van der Waals surface area (Å²) in [5, 5.41) is 16.6. The lowest BCUT2D eigenvalue weighted by Crippen LogP contribution is -2.50. The number of methoxy groups -OCH3 is 1. The third kappa shape index (κ3) is 7.79. The van der Waals surface area contributed by atoms with Gasteiger partial charge in [-0.25, -0.2) is 4.79 Å². The van der Waals surface area contributed by atoms with Crippen molar-refractivity contribution in [1.29, 1.82) is 0 Å². The molecule has 0 aromatic carbocycles. The molecular weight excluding hydrogens is 402 g/mol. The van der Waals surface area contributed by atoms with E-state index in [-0.39, 0.29) is 24.3 Å². The van der Waals surface area contributed by atoms with Crippen LogP contribution < -0.4 is 10.6 Å². The van der Waals surface area contributed by atoms with E-state index >= 15 is 0 Å². The Bertz CT molecular complexity index is 669. The van der Waals surface area contributed by atoms with Gasteiger partial charge >= 0.3 is 12.1 Å².